The molecule has 0 bridgehead atoms. The first-order valence-corrected chi connectivity index (χ1v) is 12.9. The number of ether oxygens (including phenoxy) is 1. The summed E-state index contributed by atoms with van der Waals surface area (Å²) in [6.07, 6.45) is 4.23. The van der Waals surface area contributed by atoms with Crippen LogP contribution in [0.1, 0.15) is 17.5 Å². The quantitative estimate of drug-likeness (QED) is 0.298. The lowest BCUT2D eigenvalue weighted by atomic mass is 10.0. The first-order valence-electron chi connectivity index (χ1n) is 11.5. The van der Waals surface area contributed by atoms with Crippen molar-refractivity contribution in [2.45, 2.75) is 30.7 Å². The Kier molecular flexibility index (Phi) is 7.82. The van der Waals surface area contributed by atoms with Crippen LogP contribution in [0.25, 0.3) is 11.1 Å². The maximum absolute atomic E-state index is 13.3. The Bertz CT molecular complexity index is 1400. The Morgan fingerprint density at radius 3 is 2.47 bits per heavy atom. The van der Waals surface area contributed by atoms with E-state index in [1.807, 2.05) is 43.3 Å². The summed E-state index contributed by atoms with van der Waals surface area (Å²) in [5.74, 6) is 0.0926. The van der Waals surface area contributed by atoms with Crippen molar-refractivity contribution in [1.82, 2.24) is 14.9 Å². The first kappa shape index (κ1) is 25.2. The van der Waals surface area contributed by atoms with Gasteiger partial charge in [0.25, 0.3) is 0 Å². The predicted molar refractivity (Wildman–Crippen MR) is 139 cm³/mol. The largest absolute Gasteiger partial charge is 0.496 e. The molecule has 4 aromatic rings. The minimum absolute atomic E-state index is 0.108. The number of anilines is 1. The van der Waals surface area contributed by atoms with Crippen molar-refractivity contribution >= 4 is 21.6 Å². The zero-order valence-corrected chi connectivity index (χ0v) is 20.9. The summed E-state index contributed by atoms with van der Waals surface area (Å²) in [6, 6.07) is 20.4. The Labute approximate surface area is 210 Å². The summed E-state index contributed by atoms with van der Waals surface area (Å²) in [7, 11) is -2.37. The molecule has 0 aliphatic carbocycles. The maximum Gasteiger partial charge on any atom is 0.242 e. The summed E-state index contributed by atoms with van der Waals surface area (Å²) in [6.45, 7) is 1.88. The fourth-order valence-electron chi connectivity index (χ4n) is 3.81. The number of methoxy groups -OCH3 is 1. The van der Waals surface area contributed by atoms with Gasteiger partial charge in [0.2, 0.25) is 15.9 Å². The van der Waals surface area contributed by atoms with Gasteiger partial charge in [0.05, 0.1) is 18.2 Å². The second kappa shape index (κ2) is 11.2. The van der Waals surface area contributed by atoms with E-state index in [0.717, 1.165) is 22.3 Å². The zero-order valence-electron chi connectivity index (χ0n) is 20.1. The molecule has 4 rings (SSSR count). The number of nitrogens with zero attached hydrogens (tertiary/aromatic N) is 1. The highest BCUT2D eigenvalue weighted by molar-refractivity contribution is 7.89. The number of amides is 1. The highest BCUT2D eigenvalue weighted by Gasteiger charge is 2.26. The molecule has 0 aliphatic heterocycles. The molecule has 0 saturated heterocycles. The minimum Gasteiger partial charge on any atom is -0.496 e. The molecular formula is C27H28N4O4S. The predicted octanol–water partition coefficient (Wildman–Crippen LogP) is 4.31. The van der Waals surface area contributed by atoms with Crippen LogP contribution < -0.4 is 14.8 Å². The van der Waals surface area contributed by atoms with Gasteiger partial charge >= 0.3 is 0 Å². The molecule has 3 aromatic carbocycles. The molecule has 9 heteroatoms. The molecule has 1 heterocycles. The van der Waals surface area contributed by atoms with Crippen LogP contribution in [0.3, 0.4) is 0 Å². The molecule has 0 saturated carbocycles. The number of sulfonamides is 1. The molecular weight excluding hydrogens is 476 g/mol. The van der Waals surface area contributed by atoms with Crippen molar-refractivity contribution in [2.24, 2.45) is 0 Å². The van der Waals surface area contributed by atoms with E-state index in [1.54, 1.807) is 43.8 Å². The van der Waals surface area contributed by atoms with Crippen LogP contribution in [-0.4, -0.2) is 37.7 Å². The number of carbonyl (C=O) groups is 1. The number of H-pyrrole nitrogens is 1. The summed E-state index contributed by atoms with van der Waals surface area (Å²) in [5, 5.41) is 9.57. The lowest BCUT2D eigenvalue weighted by Crippen LogP contribution is -2.44. The number of aryl methyl sites for hydroxylation is 2. The molecule has 186 valence electrons. The van der Waals surface area contributed by atoms with Crippen LogP contribution in [0.4, 0.5) is 5.69 Å². The van der Waals surface area contributed by atoms with Gasteiger partial charge in [0.1, 0.15) is 11.8 Å². The smallest absolute Gasteiger partial charge is 0.242 e. The molecule has 0 radical (unpaired) electrons. The van der Waals surface area contributed by atoms with E-state index < -0.39 is 22.0 Å². The molecule has 36 heavy (non-hydrogen) atoms. The summed E-state index contributed by atoms with van der Waals surface area (Å²) < 4.78 is 34.3. The summed E-state index contributed by atoms with van der Waals surface area (Å²) in [5.41, 5.74) is 4.10. The lowest BCUT2D eigenvalue weighted by molar-refractivity contribution is -0.117. The molecule has 8 nitrogen and oxygen atoms in total. The van der Waals surface area contributed by atoms with Gasteiger partial charge in [0.15, 0.2) is 0 Å². The third-order valence-corrected chi connectivity index (χ3v) is 7.28. The van der Waals surface area contributed by atoms with Gasteiger partial charge in [0, 0.05) is 29.1 Å². The maximum atomic E-state index is 13.3. The van der Waals surface area contributed by atoms with Crippen molar-refractivity contribution in [2.75, 3.05) is 12.4 Å². The van der Waals surface area contributed by atoms with Crippen LogP contribution in [0.15, 0.2) is 90.1 Å². The van der Waals surface area contributed by atoms with Crippen molar-refractivity contribution in [3.05, 3.63) is 96.3 Å². The van der Waals surface area contributed by atoms with Crippen molar-refractivity contribution in [3.8, 4) is 16.9 Å². The average molecular weight is 505 g/mol. The number of hydrogen-bond donors (Lipinski definition) is 3. The summed E-state index contributed by atoms with van der Waals surface area (Å²) in [4.78, 5) is 13.4. The van der Waals surface area contributed by atoms with Gasteiger partial charge in [-0.3, -0.25) is 9.89 Å². The van der Waals surface area contributed by atoms with Gasteiger partial charge in [-0.15, -0.1) is 0 Å². The number of nitrogens with one attached hydrogen (secondary N) is 3. The first-order chi connectivity index (χ1) is 17.4. The van der Waals surface area contributed by atoms with E-state index >= 15 is 0 Å². The lowest BCUT2D eigenvalue weighted by Gasteiger charge is -2.19. The van der Waals surface area contributed by atoms with E-state index in [1.165, 1.54) is 12.1 Å². The van der Waals surface area contributed by atoms with Gasteiger partial charge < -0.3 is 10.1 Å². The molecule has 0 spiro atoms. The molecule has 3 N–H and O–H groups in total. The second-order valence-electron chi connectivity index (χ2n) is 8.40. The van der Waals surface area contributed by atoms with Crippen LogP contribution in [0.5, 0.6) is 5.75 Å². The fourth-order valence-corrected chi connectivity index (χ4v) is 5.04. The number of rotatable bonds is 10. The molecule has 0 aliphatic rings. The van der Waals surface area contributed by atoms with E-state index in [9.17, 15) is 13.2 Å². The van der Waals surface area contributed by atoms with Crippen LogP contribution in [-0.2, 0) is 21.2 Å². The molecule has 1 amide bonds. The average Bonchev–Trinajstić information content (AvgIpc) is 3.42. The SMILES string of the molecule is COc1cc(NC(=O)C(CCc2ccccc2)NS(=O)(=O)c2ccc(C)cc2)ccc1-c1cn[nH]c1. The van der Waals surface area contributed by atoms with Crippen LogP contribution in [0.2, 0.25) is 0 Å². The van der Waals surface area contributed by atoms with E-state index in [4.69, 9.17) is 4.74 Å². The Balaban J connectivity index is 1.56. The number of hydrogen-bond acceptors (Lipinski definition) is 5. The standard InChI is InChI=1S/C27H28N4O4S/c1-19-8-12-23(13-9-19)36(33,34)31-25(15-10-20-6-4-3-5-7-20)27(32)30-22-11-14-24(26(16-22)35-2)21-17-28-29-18-21/h3-9,11-14,16-18,25,31H,10,15H2,1-2H3,(H,28,29)(H,30,32). The minimum atomic E-state index is -3.91. The van der Waals surface area contributed by atoms with E-state index in [-0.39, 0.29) is 11.3 Å². The third kappa shape index (κ3) is 6.18. The van der Waals surface area contributed by atoms with Gasteiger partial charge in [-0.2, -0.15) is 9.82 Å². The Morgan fingerprint density at radius 2 is 1.81 bits per heavy atom. The van der Waals surface area contributed by atoms with E-state index in [2.05, 4.69) is 20.2 Å². The van der Waals surface area contributed by atoms with E-state index in [0.29, 0.717) is 17.9 Å². The van der Waals surface area contributed by atoms with Crippen LogP contribution >= 0.6 is 0 Å². The number of aromatic nitrogens is 2. The Morgan fingerprint density at radius 1 is 1.06 bits per heavy atom. The second-order valence-corrected chi connectivity index (χ2v) is 10.1. The monoisotopic (exact) mass is 504 g/mol. The van der Waals surface area contributed by atoms with Crippen molar-refractivity contribution < 1.29 is 17.9 Å². The summed E-state index contributed by atoms with van der Waals surface area (Å²) >= 11 is 0. The normalized spacial score (nSPS) is 12.2. The zero-order chi connectivity index (χ0) is 25.5. The van der Waals surface area contributed by atoms with Crippen molar-refractivity contribution in [3.63, 3.8) is 0 Å². The highest BCUT2D eigenvalue weighted by Crippen LogP contribution is 2.32. The molecule has 0 fully saturated rings. The van der Waals surface area contributed by atoms with Crippen LogP contribution in [0, 0.1) is 6.92 Å². The number of carbonyl (C=O) groups excluding carboxylic acids is 1. The Hall–Kier alpha value is -3.95. The van der Waals surface area contributed by atoms with Gasteiger partial charge in [-0.05, 0) is 49.6 Å². The number of benzene rings is 3. The topological polar surface area (TPSA) is 113 Å². The van der Waals surface area contributed by atoms with Crippen molar-refractivity contribution in [1.29, 1.82) is 0 Å². The fraction of sp³-hybridized carbons (Fsp3) is 0.185. The third-order valence-electron chi connectivity index (χ3n) is 5.79. The number of aromatic amines is 1. The molecule has 1 aromatic heterocycles. The molecule has 1 unspecified atom stereocenters. The highest BCUT2D eigenvalue weighted by atomic mass is 32.2. The molecule has 1 atom stereocenters. The van der Waals surface area contributed by atoms with Gasteiger partial charge in [-0.1, -0.05) is 48.0 Å². The van der Waals surface area contributed by atoms with Gasteiger partial charge in [-0.25, -0.2) is 8.42 Å².